The van der Waals surface area contributed by atoms with Crippen molar-refractivity contribution < 1.29 is 4.79 Å². The van der Waals surface area contributed by atoms with E-state index in [1.54, 1.807) is 24.2 Å². The lowest BCUT2D eigenvalue weighted by molar-refractivity contribution is 0.0994. The molecule has 2 heterocycles. The van der Waals surface area contributed by atoms with Gasteiger partial charge in [0.25, 0.3) is 0 Å². The van der Waals surface area contributed by atoms with Gasteiger partial charge < -0.3 is 0 Å². The normalized spacial score (nSPS) is 29.0. The Hall–Kier alpha value is -0.480. The fraction of sp³-hybridized carbons (Fsp3) is 0.538. The Balaban J connectivity index is 2.10. The summed E-state index contributed by atoms with van der Waals surface area (Å²) >= 11 is 3.70. The van der Waals surface area contributed by atoms with Crippen LogP contribution < -0.4 is 0 Å². The van der Waals surface area contributed by atoms with Gasteiger partial charge in [0.1, 0.15) is 0 Å². The maximum absolute atomic E-state index is 12.3. The van der Waals surface area contributed by atoms with E-state index in [9.17, 15) is 4.79 Å². The smallest absolute Gasteiger partial charge is 0.178 e. The average molecular weight is 267 g/mol. The molecule has 0 spiro atoms. The highest BCUT2D eigenvalue weighted by atomic mass is 32.2. The molecule has 1 fully saturated rings. The van der Waals surface area contributed by atoms with Crippen molar-refractivity contribution in [2.45, 2.75) is 36.5 Å². The van der Waals surface area contributed by atoms with Crippen LogP contribution in [0, 0.1) is 6.92 Å². The first kappa shape index (κ1) is 13.0. The van der Waals surface area contributed by atoms with E-state index in [2.05, 4.69) is 18.8 Å². The lowest BCUT2D eigenvalue weighted by atomic mass is 10.1. The highest BCUT2D eigenvalue weighted by Crippen LogP contribution is 2.36. The molecule has 1 saturated heterocycles. The van der Waals surface area contributed by atoms with Gasteiger partial charge in [0.05, 0.1) is 5.25 Å². The Morgan fingerprint density at radius 1 is 1.35 bits per heavy atom. The predicted molar refractivity (Wildman–Crippen MR) is 76.1 cm³/mol. The number of aryl methyl sites for hydroxylation is 1. The molecular formula is C13H17NOS2. The van der Waals surface area contributed by atoms with Crippen LogP contribution in [-0.2, 0) is 0 Å². The Kier molecular flexibility index (Phi) is 4.15. The first-order valence-corrected chi connectivity index (χ1v) is 7.80. The third-order valence-corrected chi connectivity index (χ3v) is 6.39. The number of pyridine rings is 1. The van der Waals surface area contributed by atoms with Crippen LogP contribution in [-0.4, -0.2) is 32.3 Å². The van der Waals surface area contributed by atoms with Gasteiger partial charge in [-0.25, -0.2) is 0 Å². The number of ketones is 1. The summed E-state index contributed by atoms with van der Waals surface area (Å²) in [6.45, 7) is 6.41. The van der Waals surface area contributed by atoms with Gasteiger partial charge in [0, 0.05) is 34.2 Å². The summed E-state index contributed by atoms with van der Waals surface area (Å²) in [4.78, 5) is 16.4. The van der Waals surface area contributed by atoms with E-state index in [-0.39, 0.29) is 11.0 Å². The molecule has 1 aliphatic heterocycles. The van der Waals surface area contributed by atoms with Gasteiger partial charge in [-0.2, -0.15) is 11.8 Å². The summed E-state index contributed by atoms with van der Waals surface area (Å²) < 4.78 is 0. The third-order valence-electron chi connectivity index (χ3n) is 3.00. The van der Waals surface area contributed by atoms with Crippen LogP contribution in [0.5, 0.6) is 0 Å². The number of hydrogen-bond acceptors (Lipinski definition) is 4. The van der Waals surface area contributed by atoms with Crippen LogP contribution >= 0.6 is 23.5 Å². The number of carbonyl (C=O) groups is 1. The Bertz CT molecular complexity index is 422. The molecule has 0 aromatic carbocycles. The SMILES string of the molecule is Cc1cncc(C(=O)C2CSC(C)C(C)S2)c1. The lowest BCUT2D eigenvalue weighted by Crippen LogP contribution is -2.31. The molecule has 0 aliphatic carbocycles. The van der Waals surface area contributed by atoms with E-state index in [1.807, 2.05) is 24.8 Å². The van der Waals surface area contributed by atoms with Gasteiger partial charge in [-0.15, -0.1) is 11.8 Å². The number of Topliss-reactive ketones (excluding diaryl/α,β-unsaturated/α-hetero) is 1. The van der Waals surface area contributed by atoms with E-state index in [0.717, 1.165) is 16.9 Å². The van der Waals surface area contributed by atoms with Crippen molar-refractivity contribution in [3.8, 4) is 0 Å². The molecule has 0 N–H and O–H groups in total. The van der Waals surface area contributed by atoms with Gasteiger partial charge in [-0.1, -0.05) is 13.8 Å². The summed E-state index contributed by atoms with van der Waals surface area (Å²) in [5.41, 5.74) is 1.80. The minimum absolute atomic E-state index is 0.0924. The van der Waals surface area contributed by atoms with E-state index in [0.29, 0.717) is 10.5 Å². The molecule has 3 unspecified atom stereocenters. The van der Waals surface area contributed by atoms with Crippen LogP contribution in [0.15, 0.2) is 18.5 Å². The summed E-state index contributed by atoms with van der Waals surface area (Å²) in [5, 5.41) is 1.27. The first-order chi connectivity index (χ1) is 8.08. The van der Waals surface area contributed by atoms with Crippen LogP contribution in [0.3, 0.4) is 0 Å². The van der Waals surface area contributed by atoms with Crippen molar-refractivity contribution in [2.75, 3.05) is 5.75 Å². The van der Waals surface area contributed by atoms with Crippen molar-refractivity contribution in [1.29, 1.82) is 0 Å². The highest BCUT2D eigenvalue weighted by Gasteiger charge is 2.30. The Morgan fingerprint density at radius 2 is 2.12 bits per heavy atom. The molecule has 3 atom stereocenters. The number of carbonyl (C=O) groups excluding carboxylic acids is 1. The highest BCUT2D eigenvalue weighted by molar-refractivity contribution is 8.08. The second kappa shape index (κ2) is 5.44. The number of thioether (sulfide) groups is 2. The molecule has 0 radical (unpaired) electrons. The molecule has 2 rings (SSSR count). The van der Waals surface area contributed by atoms with Gasteiger partial charge >= 0.3 is 0 Å². The molecule has 17 heavy (non-hydrogen) atoms. The summed E-state index contributed by atoms with van der Waals surface area (Å²) in [6, 6.07) is 1.93. The standard InChI is InChI=1S/C13H17NOS2/c1-8-4-11(6-14-5-8)13(15)12-7-16-9(2)10(3)17-12/h4-6,9-10,12H,7H2,1-3H3. The molecule has 92 valence electrons. The van der Waals surface area contributed by atoms with Crippen LogP contribution in [0.1, 0.15) is 29.8 Å². The Morgan fingerprint density at radius 3 is 2.76 bits per heavy atom. The zero-order chi connectivity index (χ0) is 12.4. The van der Waals surface area contributed by atoms with E-state index >= 15 is 0 Å². The summed E-state index contributed by atoms with van der Waals surface area (Å²) in [5.74, 6) is 1.15. The monoisotopic (exact) mass is 267 g/mol. The van der Waals surface area contributed by atoms with Gasteiger partial charge in [-0.3, -0.25) is 9.78 Å². The van der Waals surface area contributed by atoms with E-state index in [4.69, 9.17) is 0 Å². The first-order valence-electron chi connectivity index (χ1n) is 5.81. The predicted octanol–water partition coefficient (Wildman–Crippen LogP) is 3.20. The number of hydrogen-bond donors (Lipinski definition) is 0. The topological polar surface area (TPSA) is 30.0 Å². The number of nitrogens with zero attached hydrogens (tertiary/aromatic N) is 1. The van der Waals surface area contributed by atoms with Crippen molar-refractivity contribution in [3.63, 3.8) is 0 Å². The van der Waals surface area contributed by atoms with Crippen LogP contribution in [0.2, 0.25) is 0 Å². The minimum atomic E-state index is 0.0924. The molecule has 1 aromatic heterocycles. The summed E-state index contributed by atoms with van der Waals surface area (Å²) in [7, 11) is 0. The minimum Gasteiger partial charge on any atom is -0.293 e. The quantitative estimate of drug-likeness (QED) is 0.770. The summed E-state index contributed by atoms with van der Waals surface area (Å²) in [6.07, 6.45) is 3.47. The zero-order valence-corrected chi connectivity index (χ0v) is 12.0. The van der Waals surface area contributed by atoms with Crippen molar-refractivity contribution >= 4 is 29.3 Å². The van der Waals surface area contributed by atoms with Crippen molar-refractivity contribution in [3.05, 3.63) is 29.6 Å². The second-order valence-electron chi connectivity index (χ2n) is 4.48. The fourth-order valence-corrected chi connectivity index (χ4v) is 4.67. The maximum atomic E-state index is 12.3. The van der Waals surface area contributed by atoms with Crippen molar-refractivity contribution in [1.82, 2.24) is 4.98 Å². The molecule has 4 heteroatoms. The molecule has 0 amide bonds. The van der Waals surface area contributed by atoms with Crippen LogP contribution in [0.4, 0.5) is 0 Å². The molecule has 0 bridgehead atoms. The lowest BCUT2D eigenvalue weighted by Gasteiger charge is -2.30. The molecule has 2 nitrogen and oxygen atoms in total. The fourth-order valence-electron chi connectivity index (χ4n) is 1.80. The third kappa shape index (κ3) is 3.05. The Labute approximate surface area is 111 Å². The van der Waals surface area contributed by atoms with Gasteiger partial charge in [-0.05, 0) is 18.6 Å². The number of aromatic nitrogens is 1. The zero-order valence-electron chi connectivity index (χ0n) is 10.3. The van der Waals surface area contributed by atoms with Crippen molar-refractivity contribution in [2.24, 2.45) is 0 Å². The van der Waals surface area contributed by atoms with Crippen LogP contribution in [0.25, 0.3) is 0 Å². The maximum Gasteiger partial charge on any atom is 0.178 e. The largest absolute Gasteiger partial charge is 0.293 e. The second-order valence-corrected chi connectivity index (χ2v) is 7.48. The average Bonchev–Trinajstić information content (AvgIpc) is 2.32. The molecular weight excluding hydrogens is 250 g/mol. The van der Waals surface area contributed by atoms with Gasteiger partial charge in [0.2, 0.25) is 0 Å². The van der Waals surface area contributed by atoms with E-state index in [1.165, 1.54) is 0 Å². The molecule has 0 saturated carbocycles. The molecule has 1 aromatic rings. The van der Waals surface area contributed by atoms with Gasteiger partial charge in [0.15, 0.2) is 5.78 Å². The number of rotatable bonds is 2. The van der Waals surface area contributed by atoms with E-state index < -0.39 is 0 Å². The molecule has 1 aliphatic rings.